The van der Waals surface area contributed by atoms with E-state index in [-0.39, 0.29) is 5.57 Å². The van der Waals surface area contributed by atoms with Crippen molar-refractivity contribution < 1.29 is 14.3 Å². The van der Waals surface area contributed by atoms with Gasteiger partial charge in [-0.15, -0.1) is 0 Å². The number of halogens is 1. The first kappa shape index (κ1) is 21.4. The molecule has 0 spiro atoms. The van der Waals surface area contributed by atoms with Crippen molar-refractivity contribution in [3.05, 3.63) is 75.3 Å². The first-order valence-corrected chi connectivity index (χ1v) is 10.2. The second kappa shape index (κ2) is 9.47. The van der Waals surface area contributed by atoms with Gasteiger partial charge in [0, 0.05) is 5.56 Å². The van der Waals surface area contributed by atoms with Gasteiger partial charge in [-0.2, -0.15) is 5.26 Å². The highest BCUT2D eigenvalue weighted by Crippen LogP contribution is 2.38. The minimum absolute atomic E-state index is 0.135. The standard InChI is InChI=1S/C24H21BrN2O3/c1-3-29-22-12-16(10-18(13-26)24(27)28)11-21(25)23(22)30-14-20-15(2)8-9-17-6-4-5-7-19(17)20/h4-12H,3,14H2,1-2H3,(H2,27,28)/b18-10+. The van der Waals surface area contributed by atoms with Gasteiger partial charge in [-0.05, 0) is 69.9 Å². The molecule has 5 nitrogen and oxygen atoms in total. The van der Waals surface area contributed by atoms with Crippen molar-refractivity contribution in [3.63, 3.8) is 0 Å². The maximum Gasteiger partial charge on any atom is 0.259 e. The highest BCUT2D eigenvalue weighted by molar-refractivity contribution is 9.10. The van der Waals surface area contributed by atoms with Gasteiger partial charge in [-0.1, -0.05) is 36.4 Å². The van der Waals surface area contributed by atoms with Crippen LogP contribution in [0.2, 0.25) is 0 Å². The maximum atomic E-state index is 11.4. The quantitative estimate of drug-likeness (QED) is 0.380. The summed E-state index contributed by atoms with van der Waals surface area (Å²) in [5, 5.41) is 11.4. The van der Waals surface area contributed by atoms with Crippen molar-refractivity contribution in [2.75, 3.05) is 6.61 Å². The fourth-order valence-electron chi connectivity index (χ4n) is 3.18. The molecule has 3 rings (SSSR count). The summed E-state index contributed by atoms with van der Waals surface area (Å²) < 4.78 is 12.6. The number of hydrogen-bond donors (Lipinski definition) is 1. The molecule has 3 aromatic rings. The van der Waals surface area contributed by atoms with Gasteiger partial charge in [0.1, 0.15) is 18.2 Å². The minimum atomic E-state index is -0.779. The van der Waals surface area contributed by atoms with Crippen molar-refractivity contribution in [3.8, 4) is 17.6 Å². The first-order chi connectivity index (χ1) is 14.4. The van der Waals surface area contributed by atoms with Crippen LogP contribution in [0.5, 0.6) is 11.5 Å². The van der Waals surface area contributed by atoms with Gasteiger partial charge < -0.3 is 15.2 Å². The second-order valence-corrected chi connectivity index (χ2v) is 7.52. The Bertz CT molecular complexity index is 1180. The van der Waals surface area contributed by atoms with Crippen LogP contribution >= 0.6 is 15.9 Å². The Morgan fingerprint density at radius 1 is 1.20 bits per heavy atom. The number of carbonyl (C=O) groups is 1. The molecule has 0 bridgehead atoms. The van der Waals surface area contributed by atoms with Crippen molar-refractivity contribution in [1.29, 1.82) is 5.26 Å². The first-order valence-electron chi connectivity index (χ1n) is 9.42. The molecule has 0 aliphatic carbocycles. The van der Waals surface area contributed by atoms with E-state index in [1.807, 2.05) is 19.1 Å². The molecule has 0 saturated carbocycles. The van der Waals surface area contributed by atoms with Gasteiger partial charge in [-0.3, -0.25) is 4.79 Å². The molecule has 0 fully saturated rings. The van der Waals surface area contributed by atoms with Gasteiger partial charge in [0.2, 0.25) is 0 Å². The van der Waals surface area contributed by atoms with E-state index in [4.69, 9.17) is 20.5 Å². The lowest BCUT2D eigenvalue weighted by Crippen LogP contribution is -2.12. The van der Waals surface area contributed by atoms with Gasteiger partial charge in [0.25, 0.3) is 5.91 Å². The summed E-state index contributed by atoms with van der Waals surface area (Å²) >= 11 is 3.53. The molecule has 0 heterocycles. The zero-order chi connectivity index (χ0) is 21.7. The van der Waals surface area contributed by atoms with E-state index in [9.17, 15) is 4.79 Å². The summed E-state index contributed by atoms with van der Waals surface area (Å²) in [5.41, 5.74) is 7.95. The van der Waals surface area contributed by atoms with E-state index in [1.54, 1.807) is 18.2 Å². The Labute approximate surface area is 183 Å². The summed E-state index contributed by atoms with van der Waals surface area (Å²) in [6.07, 6.45) is 1.42. The molecule has 0 saturated heterocycles. The lowest BCUT2D eigenvalue weighted by molar-refractivity contribution is -0.114. The van der Waals surface area contributed by atoms with Gasteiger partial charge in [0.05, 0.1) is 11.1 Å². The monoisotopic (exact) mass is 464 g/mol. The van der Waals surface area contributed by atoms with Gasteiger partial charge in [-0.25, -0.2) is 0 Å². The number of fused-ring (bicyclic) bond motifs is 1. The fraction of sp³-hybridized carbons (Fsp3) is 0.167. The smallest absolute Gasteiger partial charge is 0.259 e. The van der Waals surface area contributed by atoms with Crippen LogP contribution in [-0.2, 0) is 11.4 Å². The Kier molecular flexibility index (Phi) is 6.76. The summed E-state index contributed by atoms with van der Waals surface area (Å²) in [6.45, 7) is 4.74. The van der Waals surface area contributed by atoms with Crippen LogP contribution < -0.4 is 15.2 Å². The van der Waals surface area contributed by atoms with E-state index in [0.717, 1.165) is 21.9 Å². The number of primary amides is 1. The summed E-state index contributed by atoms with van der Waals surface area (Å²) in [5.74, 6) is 0.287. The Balaban J connectivity index is 1.98. The maximum absolute atomic E-state index is 11.4. The van der Waals surface area contributed by atoms with Crippen LogP contribution in [-0.4, -0.2) is 12.5 Å². The molecule has 0 atom stereocenters. The largest absolute Gasteiger partial charge is 0.490 e. The molecule has 0 aliphatic rings. The third-order valence-corrected chi connectivity index (χ3v) is 5.25. The number of rotatable bonds is 7. The molecule has 30 heavy (non-hydrogen) atoms. The molecule has 1 amide bonds. The number of hydrogen-bond acceptors (Lipinski definition) is 4. The number of nitriles is 1. The summed E-state index contributed by atoms with van der Waals surface area (Å²) in [7, 11) is 0. The lowest BCUT2D eigenvalue weighted by atomic mass is 10.0. The van der Waals surface area contributed by atoms with Crippen LogP contribution in [0.15, 0.2) is 58.6 Å². The molecule has 0 aliphatic heterocycles. The third-order valence-electron chi connectivity index (χ3n) is 4.66. The number of benzene rings is 3. The molecule has 152 valence electrons. The van der Waals surface area contributed by atoms with E-state index < -0.39 is 5.91 Å². The van der Waals surface area contributed by atoms with Crippen LogP contribution in [0.3, 0.4) is 0 Å². The summed E-state index contributed by atoms with van der Waals surface area (Å²) in [6, 6.07) is 17.7. The minimum Gasteiger partial charge on any atom is -0.490 e. The number of nitrogens with zero attached hydrogens (tertiary/aromatic N) is 1. The normalized spacial score (nSPS) is 11.2. The molecule has 3 aromatic carbocycles. The van der Waals surface area contributed by atoms with E-state index in [0.29, 0.717) is 34.7 Å². The Morgan fingerprint density at radius 3 is 2.67 bits per heavy atom. The molecular formula is C24H21BrN2O3. The van der Waals surface area contributed by atoms with Crippen LogP contribution in [0.25, 0.3) is 16.8 Å². The topological polar surface area (TPSA) is 85.3 Å². The lowest BCUT2D eigenvalue weighted by Gasteiger charge is -2.17. The summed E-state index contributed by atoms with van der Waals surface area (Å²) in [4.78, 5) is 11.4. The van der Waals surface area contributed by atoms with E-state index in [2.05, 4.69) is 47.1 Å². The number of ether oxygens (including phenoxy) is 2. The fourth-order valence-corrected chi connectivity index (χ4v) is 3.75. The average molecular weight is 465 g/mol. The predicted octanol–water partition coefficient (Wildman–Crippen LogP) is 5.28. The molecule has 2 N–H and O–H groups in total. The van der Waals surface area contributed by atoms with E-state index >= 15 is 0 Å². The van der Waals surface area contributed by atoms with Crippen molar-refractivity contribution >= 4 is 38.7 Å². The third kappa shape index (κ3) is 4.64. The molecule has 0 unspecified atom stereocenters. The Hall–Kier alpha value is -3.30. The molecule has 6 heteroatoms. The Morgan fingerprint density at radius 2 is 1.97 bits per heavy atom. The average Bonchev–Trinajstić information content (AvgIpc) is 2.72. The van der Waals surface area contributed by atoms with Crippen molar-refractivity contribution in [2.24, 2.45) is 5.73 Å². The second-order valence-electron chi connectivity index (χ2n) is 6.67. The zero-order valence-electron chi connectivity index (χ0n) is 16.7. The predicted molar refractivity (Wildman–Crippen MR) is 121 cm³/mol. The van der Waals surface area contributed by atoms with Crippen LogP contribution in [0.4, 0.5) is 0 Å². The highest BCUT2D eigenvalue weighted by Gasteiger charge is 2.15. The number of amides is 1. The molecule has 0 radical (unpaired) electrons. The van der Waals surface area contributed by atoms with Crippen LogP contribution in [0.1, 0.15) is 23.6 Å². The van der Waals surface area contributed by atoms with Crippen molar-refractivity contribution in [1.82, 2.24) is 0 Å². The molecule has 0 aromatic heterocycles. The van der Waals surface area contributed by atoms with E-state index in [1.165, 1.54) is 6.08 Å². The zero-order valence-corrected chi connectivity index (χ0v) is 18.3. The van der Waals surface area contributed by atoms with Gasteiger partial charge in [0.15, 0.2) is 11.5 Å². The van der Waals surface area contributed by atoms with Crippen LogP contribution in [0, 0.1) is 18.3 Å². The number of carbonyl (C=O) groups excluding carboxylic acids is 1. The number of aryl methyl sites for hydroxylation is 1. The SMILES string of the molecule is CCOc1cc(/C=C(\C#N)C(N)=O)cc(Br)c1OCc1c(C)ccc2ccccc12. The highest BCUT2D eigenvalue weighted by atomic mass is 79.9. The molecular weight excluding hydrogens is 444 g/mol. The van der Waals surface area contributed by atoms with Gasteiger partial charge >= 0.3 is 0 Å². The van der Waals surface area contributed by atoms with Crippen molar-refractivity contribution in [2.45, 2.75) is 20.5 Å². The number of nitrogens with two attached hydrogens (primary N) is 1.